The normalized spacial score (nSPS) is 14.7. The van der Waals surface area contributed by atoms with Crippen molar-refractivity contribution in [2.75, 3.05) is 5.32 Å². The Morgan fingerprint density at radius 1 is 1.29 bits per heavy atom. The molecule has 0 aliphatic heterocycles. The SMILES string of the molecule is O=C(Cn1nc(OC2(F)CC2)c2cc(Br)ccc2c1=O)Nc1ncc(F)cn1. The molecule has 0 radical (unpaired) electrons. The van der Waals surface area contributed by atoms with Crippen LogP contribution in [0.4, 0.5) is 14.7 Å². The first-order chi connectivity index (χ1) is 13.3. The first-order valence-electron chi connectivity index (χ1n) is 8.19. The average Bonchev–Trinajstić information content (AvgIpc) is 3.38. The van der Waals surface area contributed by atoms with Crippen molar-refractivity contribution in [2.24, 2.45) is 0 Å². The zero-order valence-electron chi connectivity index (χ0n) is 14.2. The first kappa shape index (κ1) is 18.4. The number of alkyl halides is 1. The minimum absolute atomic E-state index is 0.0817. The van der Waals surface area contributed by atoms with Gasteiger partial charge in [-0.15, -0.1) is 5.10 Å². The van der Waals surface area contributed by atoms with Gasteiger partial charge in [0.2, 0.25) is 17.7 Å². The number of amides is 1. The number of ether oxygens (including phenoxy) is 1. The van der Waals surface area contributed by atoms with Gasteiger partial charge in [-0.25, -0.2) is 19.0 Å². The number of halogens is 3. The van der Waals surface area contributed by atoms with Gasteiger partial charge in [-0.2, -0.15) is 4.39 Å². The molecule has 1 aliphatic carbocycles. The Morgan fingerprint density at radius 2 is 2.00 bits per heavy atom. The number of nitrogens with zero attached hydrogens (tertiary/aromatic N) is 4. The van der Waals surface area contributed by atoms with Crippen molar-refractivity contribution < 1.29 is 18.3 Å². The summed E-state index contributed by atoms with van der Waals surface area (Å²) in [5.74, 6) is -3.33. The summed E-state index contributed by atoms with van der Waals surface area (Å²) in [5, 5.41) is 6.91. The van der Waals surface area contributed by atoms with E-state index >= 15 is 0 Å². The highest BCUT2D eigenvalue weighted by Gasteiger charge is 2.47. The number of hydrogen-bond acceptors (Lipinski definition) is 6. The number of rotatable bonds is 5. The molecule has 2 heterocycles. The minimum Gasteiger partial charge on any atom is -0.439 e. The molecule has 0 bridgehead atoms. The molecule has 2 aromatic heterocycles. The molecule has 8 nitrogen and oxygen atoms in total. The van der Waals surface area contributed by atoms with Crippen LogP contribution in [0, 0.1) is 5.82 Å². The molecule has 1 fully saturated rings. The van der Waals surface area contributed by atoms with Crippen LogP contribution in [-0.4, -0.2) is 31.5 Å². The van der Waals surface area contributed by atoms with Gasteiger partial charge in [0.05, 0.1) is 23.2 Å². The van der Waals surface area contributed by atoms with E-state index in [1.165, 1.54) is 6.07 Å². The smallest absolute Gasteiger partial charge is 0.275 e. The van der Waals surface area contributed by atoms with Crippen molar-refractivity contribution in [3.8, 4) is 5.88 Å². The van der Waals surface area contributed by atoms with Gasteiger partial charge < -0.3 is 4.74 Å². The van der Waals surface area contributed by atoms with Gasteiger partial charge in [0.1, 0.15) is 6.54 Å². The minimum atomic E-state index is -1.81. The lowest BCUT2D eigenvalue weighted by molar-refractivity contribution is -0.117. The zero-order valence-corrected chi connectivity index (χ0v) is 15.7. The summed E-state index contributed by atoms with van der Waals surface area (Å²) < 4.78 is 33.9. The first-order valence-corrected chi connectivity index (χ1v) is 8.98. The van der Waals surface area contributed by atoms with Crippen LogP contribution in [0.3, 0.4) is 0 Å². The molecule has 28 heavy (non-hydrogen) atoms. The number of nitrogens with one attached hydrogen (secondary N) is 1. The van der Waals surface area contributed by atoms with Crippen LogP contribution in [0.5, 0.6) is 5.88 Å². The summed E-state index contributed by atoms with van der Waals surface area (Å²) in [7, 11) is 0. The van der Waals surface area contributed by atoms with Crippen molar-refractivity contribution in [3.05, 3.63) is 51.2 Å². The molecule has 1 N–H and O–H groups in total. The monoisotopic (exact) mass is 451 g/mol. The quantitative estimate of drug-likeness (QED) is 0.639. The van der Waals surface area contributed by atoms with Gasteiger partial charge in [-0.05, 0) is 18.2 Å². The molecule has 11 heteroatoms. The highest BCUT2D eigenvalue weighted by molar-refractivity contribution is 9.10. The Bertz CT molecular complexity index is 1130. The molecule has 1 amide bonds. The number of anilines is 1. The second-order valence-electron chi connectivity index (χ2n) is 6.22. The fraction of sp³-hybridized carbons (Fsp3) is 0.235. The predicted molar refractivity (Wildman–Crippen MR) is 98.0 cm³/mol. The van der Waals surface area contributed by atoms with Gasteiger partial charge in [-0.1, -0.05) is 15.9 Å². The Balaban J connectivity index is 1.67. The Labute approximate surface area is 164 Å². The lowest BCUT2D eigenvalue weighted by Gasteiger charge is -2.14. The molecule has 144 valence electrons. The molecule has 0 spiro atoms. The highest BCUT2D eigenvalue weighted by Crippen LogP contribution is 2.42. The van der Waals surface area contributed by atoms with Crippen LogP contribution in [-0.2, 0) is 11.3 Å². The molecule has 1 saturated carbocycles. The fourth-order valence-electron chi connectivity index (χ4n) is 2.46. The van der Waals surface area contributed by atoms with E-state index in [1.807, 2.05) is 0 Å². The van der Waals surface area contributed by atoms with E-state index in [-0.39, 0.29) is 30.1 Å². The second-order valence-corrected chi connectivity index (χ2v) is 7.13. The third-order valence-corrected chi connectivity index (χ3v) is 4.47. The Hall–Kier alpha value is -2.95. The lowest BCUT2D eigenvalue weighted by atomic mass is 10.2. The van der Waals surface area contributed by atoms with Crippen molar-refractivity contribution in [1.82, 2.24) is 19.7 Å². The number of carbonyl (C=O) groups is 1. The number of aromatic nitrogens is 4. The van der Waals surface area contributed by atoms with Crippen molar-refractivity contribution in [3.63, 3.8) is 0 Å². The largest absolute Gasteiger partial charge is 0.439 e. The molecular formula is C17H12BrF2N5O3. The van der Waals surface area contributed by atoms with Gasteiger partial charge in [-0.3, -0.25) is 14.9 Å². The highest BCUT2D eigenvalue weighted by atomic mass is 79.9. The lowest BCUT2D eigenvalue weighted by Crippen LogP contribution is -2.31. The summed E-state index contributed by atoms with van der Waals surface area (Å²) in [6, 6.07) is 4.78. The maximum atomic E-state index is 14.1. The van der Waals surface area contributed by atoms with E-state index < -0.39 is 29.7 Å². The standard InChI is InChI=1S/C17H12BrF2N5O3/c18-9-1-2-11-12(5-9)14(28-17(20)3-4-17)24-25(15(11)27)8-13(26)23-16-21-6-10(19)7-22-16/h1-2,5-7H,3-4,8H2,(H,21,22,23,26). The van der Waals surface area contributed by atoms with Crippen molar-refractivity contribution in [1.29, 1.82) is 0 Å². The number of carbonyl (C=O) groups excluding carboxylic acids is 1. The maximum Gasteiger partial charge on any atom is 0.275 e. The molecule has 4 rings (SSSR count). The van der Waals surface area contributed by atoms with Crippen molar-refractivity contribution in [2.45, 2.75) is 25.2 Å². The van der Waals surface area contributed by atoms with E-state index in [4.69, 9.17) is 4.74 Å². The van der Waals surface area contributed by atoms with Gasteiger partial charge in [0.15, 0.2) is 5.82 Å². The molecule has 0 atom stereocenters. The molecule has 0 unspecified atom stereocenters. The zero-order chi connectivity index (χ0) is 19.9. The van der Waals surface area contributed by atoms with Crippen molar-refractivity contribution >= 4 is 38.6 Å². The number of hydrogen-bond donors (Lipinski definition) is 1. The Kier molecular flexibility index (Phi) is 4.53. The second kappa shape index (κ2) is 6.89. The molecule has 0 saturated heterocycles. The van der Waals surface area contributed by atoms with Crippen LogP contribution in [0.25, 0.3) is 10.8 Å². The average molecular weight is 452 g/mol. The van der Waals surface area contributed by atoms with Crippen LogP contribution in [0.15, 0.2) is 39.9 Å². The van der Waals surface area contributed by atoms with Gasteiger partial charge >= 0.3 is 0 Å². The number of fused-ring (bicyclic) bond motifs is 1. The predicted octanol–water partition coefficient (Wildman–Crippen LogP) is 2.57. The van der Waals surface area contributed by atoms with Crippen LogP contribution < -0.4 is 15.6 Å². The molecule has 1 aromatic carbocycles. The van der Waals surface area contributed by atoms with Crippen LogP contribution >= 0.6 is 15.9 Å². The third kappa shape index (κ3) is 3.84. The third-order valence-electron chi connectivity index (χ3n) is 3.98. The molecule has 1 aliphatic rings. The van der Waals surface area contributed by atoms with E-state index in [9.17, 15) is 18.4 Å². The van der Waals surface area contributed by atoms with E-state index in [0.717, 1.165) is 17.1 Å². The molecular weight excluding hydrogens is 440 g/mol. The van der Waals surface area contributed by atoms with E-state index in [1.54, 1.807) is 12.1 Å². The van der Waals surface area contributed by atoms with Crippen LogP contribution in [0.1, 0.15) is 12.8 Å². The summed E-state index contributed by atoms with van der Waals surface area (Å²) in [6.07, 6.45) is 2.24. The fourth-order valence-corrected chi connectivity index (χ4v) is 2.82. The van der Waals surface area contributed by atoms with Gasteiger partial charge in [0, 0.05) is 17.3 Å². The summed E-state index contributed by atoms with van der Waals surface area (Å²) in [5.41, 5.74) is -0.547. The summed E-state index contributed by atoms with van der Waals surface area (Å²) >= 11 is 3.30. The van der Waals surface area contributed by atoms with Crippen LogP contribution in [0.2, 0.25) is 0 Å². The topological polar surface area (TPSA) is 99.0 Å². The Morgan fingerprint density at radius 3 is 2.68 bits per heavy atom. The van der Waals surface area contributed by atoms with E-state index in [0.29, 0.717) is 9.86 Å². The summed E-state index contributed by atoms with van der Waals surface area (Å²) in [6.45, 7) is -0.485. The maximum absolute atomic E-state index is 14.1. The van der Waals surface area contributed by atoms with E-state index in [2.05, 4.69) is 36.3 Å². The number of benzene rings is 1. The molecule has 3 aromatic rings. The summed E-state index contributed by atoms with van der Waals surface area (Å²) in [4.78, 5) is 32.1. The van der Waals surface area contributed by atoms with Gasteiger partial charge in [0.25, 0.3) is 11.4 Å².